The molecule has 0 aliphatic rings. The molecule has 0 saturated carbocycles. The second-order valence-corrected chi connectivity index (χ2v) is 10.00. The molecule has 0 amide bonds. The normalized spacial score (nSPS) is 12.1. The molecule has 0 aliphatic carbocycles. The van der Waals surface area contributed by atoms with Crippen molar-refractivity contribution in [2.24, 2.45) is 0 Å². The minimum Gasteiger partial charge on any atom is -0.494 e. The highest BCUT2D eigenvalue weighted by molar-refractivity contribution is 5.44. The third-order valence-electron chi connectivity index (χ3n) is 6.83. The van der Waals surface area contributed by atoms with Crippen LogP contribution in [0, 0.1) is 0 Å². The highest BCUT2D eigenvalue weighted by atomic mass is 16.5. The molecule has 1 N–H and O–H groups in total. The van der Waals surface area contributed by atoms with Crippen LogP contribution in [-0.2, 0) is 17.4 Å². The van der Waals surface area contributed by atoms with Crippen molar-refractivity contribution >= 4 is 0 Å². The van der Waals surface area contributed by atoms with Gasteiger partial charge in [0.1, 0.15) is 11.5 Å². The first-order valence-corrected chi connectivity index (χ1v) is 12.4. The first-order chi connectivity index (χ1) is 15.2. The summed E-state index contributed by atoms with van der Waals surface area (Å²) >= 11 is 0. The molecule has 3 heteroatoms. The van der Waals surface area contributed by atoms with Gasteiger partial charge in [0.25, 0.3) is 0 Å². The first-order valence-electron chi connectivity index (χ1n) is 12.4. The van der Waals surface area contributed by atoms with Gasteiger partial charge < -0.3 is 14.8 Å². The molecular weight excluding hydrogens is 394 g/mol. The Hall–Kier alpha value is -2.00. The van der Waals surface area contributed by atoms with Crippen LogP contribution in [0.15, 0.2) is 42.5 Å². The van der Waals surface area contributed by atoms with Crippen molar-refractivity contribution in [2.45, 2.75) is 91.5 Å². The molecule has 32 heavy (non-hydrogen) atoms. The van der Waals surface area contributed by atoms with Gasteiger partial charge in [-0.1, -0.05) is 65.8 Å². The van der Waals surface area contributed by atoms with Gasteiger partial charge in [0.05, 0.1) is 13.2 Å². The van der Waals surface area contributed by atoms with E-state index in [1.807, 2.05) is 19.1 Å². The summed E-state index contributed by atoms with van der Waals surface area (Å²) in [5.41, 5.74) is 4.32. The molecule has 0 bridgehead atoms. The highest BCUT2D eigenvalue weighted by Crippen LogP contribution is 2.38. The number of nitrogens with one attached hydrogen (secondary N) is 1. The fourth-order valence-electron chi connectivity index (χ4n) is 3.64. The summed E-state index contributed by atoms with van der Waals surface area (Å²) < 4.78 is 11.8. The molecule has 0 heterocycles. The Morgan fingerprint density at radius 2 is 1.47 bits per heavy atom. The molecule has 0 unspecified atom stereocenters. The Balaban J connectivity index is 1.83. The Bertz CT molecular complexity index is 808. The van der Waals surface area contributed by atoms with Gasteiger partial charge in [0.15, 0.2) is 0 Å². The zero-order valence-electron chi connectivity index (χ0n) is 21.5. The lowest BCUT2D eigenvalue weighted by molar-refractivity contribution is 0.295. The predicted molar refractivity (Wildman–Crippen MR) is 137 cm³/mol. The topological polar surface area (TPSA) is 30.5 Å². The average Bonchev–Trinajstić information content (AvgIpc) is 2.79. The van der Waals surface area contributed by atoms with Crippen molar-refractivity contribution in [2.75, 3.05) is 19.8 Å². The predicted octanol–water partition coefficient (Wildman–Crippen LogP) is 7.41. The maximum Gasteiger partial charge on any atom is 0.123 e. The van der Waals surface area contributed by atoms with Crippen LogP contribution in [0.25, 0.3) is 0 Å². The second-order valence-electron chi connectivity index (χ2n) is 10.00. The van der Waals surface area contributed by atoms with Crippen LogP contribution in [0.2, 0.25) is 0 Å². The van der Waals surface area contributed by atoms with Gasteiger partial charge in [-0.05, 0) is 79.3 Å². The van der Waals surface area contributed by atoms with Crippen LogP contribution in [0.4, 0.5) is 0 Å². The fraction of sp³-hybridized carbons (Fsp3) is 0.586. The van der Waals surface area contributed by atoms with E-state index in [0.717, 1.165) is 56.9 Å². The smallest absolute Gasteiger partial charge is 0.123 e. The van der Waals surface area contributed by atoms with Gasteiger partial charge >= 0.3 is 0 Å². The molecule has 0 fully saturated rings. The summed E-state index contributed by atoms with van der Waals surface area (Å²) in [7, 11) is 0. The van der Waals surface area contributed by atoms with Crippen LogP contribution in [0.5, 0.6) is 11.5 Å². The third-order valence-corrected chi connectivity index (χ3v) is 6.83. The third kappa shape index (κ3) is 7.55. The molecule has 2 aromatic rings. The molecule has 0 spiro atoms. The fourth-order valence-corrected chi connectivity index (χ4v) is 3.64. The zero-order valence-corrected chi connectivity index (χ0v) is 21.5. The number of hydrogen-bond donors (Lipinski definition) is 1. The van der Waals surface area contributed by atoms with E-state index >= 15 is 0 Å². The molecular formula is C29H45NO2. The van der Waals surface area contributed by atoms with Crippen molar-refractivity contribution < 1.29 is 9.47 Å². The molecule has 3 nitrogen and oxygen atoms in total. The van der Waals surface area contributed by atoms with Crippen LogP contribution in [0.3, 0.4) is 0 Å². The van der Waals surface area contributed by atoms with Crippen molar-refractivity contribution in [1.82, 2.24) is 5.32 Å². The zero-order chi connectivity index (χ0) is 23.6. The summed E-state index contributed by atoms with van der Waals surface area (Å²) in [4.78, 5) is 0. The summed E-state index contributed by atoms with van der Waals surface area (Å²) in [5, 5.41) is 3.53. The molecule has 0 atom stereocenters. The van der Waals surface area contributed by atoms with Crippen molar-refractivity contribution in [1.29, 1.82) is 0 Å². The first kappa shape index (κ1) is 26.3. The van der Waals surface area contributed by atoms with E-state index in [0.29, 0.717) is 6.61 Å². The van der Waals surface area contributed by atoms with E-state index in [4.69, 9.17) is 9.47 Å². The van der Waals surface area contributed by atoms with Gasteiger partial charge in [-0.2, -0.15) is 0 Å². The standard InChI is InChI=1S/C29H45NO2/c1-8-28(4,5)24-15-18-27(26(21-24)29(6,7)9-2)32-20-12-11-19-30-22-23-13-16-25(17-14-23)31-10-3/h13-18,21,30H,8-12,19-20,22H2,1-7H3. The molecule has 178 valence electrons. The molecule has 0 aliphatic heterocycles. The lowest BCUT2D eigenvalue weighted by Gasteiger charge is -2.30. The van der Waals surface area contributed by atoms with E-state index in [9.17, 15) is 0 Å². The molecule has 0 saturated heterocycles. The van der Waals surface area contributed by atoms with Crippen LogP contribution in [-0.4, -0.2) is 19.8 Å². The molecule has 0 radical (unpaired) electrons. The van der Waals surface area contributed by atoms with E-state index in [1.165, 1.54) is 16.7 Å². The van der Waals surface area contributed by atoms with Gasteiger partial charge in [-0.3, -0.25) is 0 Å². The summed E-state index contributed by atoms with van der Waals surface area (Å²) in [6, 6.07) is 15.2. The van der Waals surface area contributed by atoms with Crippen molar-refractivity contribution in [3.05, 3.63) is 59.2 Å². The van der Waals surface area contributed by atoms with Crippen LogP contribution < -0.4 is 14.8 Å². The minimum atomic E-state index is 0.106. The van der Waals surface area contributed by atoms with Gasteiger partial charge in [0, 0.05) is 12.1 Å². The Morgan fingerprint density at radius 3 is 2.09 bits per heavy atom. The van der Waals surface area contributed by atoms with E-state index in [1.54, 1.807) is 0 Å². The average molecular weight is 440 g/mol. The number of ether oxygens (including phenoxy) is 2. The maximum atomic E-state index is 6.29. The number of benzene rings is 2. The van der Waals surface area contributed by atoms with E-state index in [-0.39, 0.29) is 10.8 Å². The quantitative estimate of drug-likeness (QED) is 0.311. The number of rotatable bonds is 14. The minimum absolute atomic E-state index is 0.106. The van der Waals surface area contributed by atoms with Crippen molar-refractivity contribution in [3.63, 3.8) is 0 Å². The summed E-state index contributed by atoms with van der Waals surface area (Å²) in [6.07, 6.45) is 4.37. The molecule has 0 aromatic heterocycles. The Morgan fingerprint density at radius 1 is 0.781 bits per heavy atom. The van der Waals surface area contributed by atoms with Crippen molar-refractivity contribution in [3.8, 4) is 11.5 Å². The van der Waals surface area contributed by atoms with E-state index < -0.39 is 0 Å². The van der Waals surface area contributed by atoms with Gasteiger partial charge in [-0.15, -0.1) is 0 Å². The Kier molecular flexibility index (Phi) is 10.1. The second kappa shape index (κ2) is 12.3. The van der Waals surface area contributed by atoms with Crippen LogP contribution in [0.1, 0.15) is 90.8 Å². The number of unbranched alkanes of at least 4 members (excludes halogenated alkanes) is 1. The molecule has 2 aromatic carbocycles. The van der Waals surface area contributed by atoms with E-state index in [2.05, 4.69) is 77.2 Å². The van der Waals surface area contributed by atoms with Gasteiger partial charge in [-0.25, -0.2) is 0 Å². The molecule has 2 rings (SSSR count). The summed E-state index contributed by atoms with van der Waals surface area (Å²) in [5.74, 6) is 1.99. The number of hydrogen-bond acceptors (Lipinski definition) is 3. The summed E-state index contributed by atoms with van der Waals surface area (Å²) in [6.45, 7) is 19.2. The Labute approximate surface area is 196 Å². The lowest BCUT2D eigenvalue weighted by Crippen LogP contribution is -2.21. The SMILES string of the molecule is CCOc1ccc(CNCCCCOc2ccc(C(C)(C)CC)cc2C(C)(C)CC)cc1. The largest absolute Gasteiger partial charge is 0.494 e. The highest BCUT2D eigenvalue weighted by Gasteiger charge is 2.26. The monoisotopic (exact) mass is 439 g/mol. The van der Waals surface area contributed by atoms with Gasteiger partial charge in [0.2, 0.25) is 0 Å². The van der Waals surface area contributed by atoms with Crippen LogP contribution >= 0.6 is 0 Å². The lowest BCUT2D eigenvalue weighted by atomic mass is 9.76. The maximum absolute atomic E-state index is 6.29.